The molecule has 1 atom stereocenters. The van der Waals surface area contributed by atoms with Crippen molar-refractivity contribution < 1.29 is 8.42 Å². The number of rotatable bonds is 5. The summed E-state index contributed by atoms with van der Waals surface area (Å²) in [7, 11) is -1.15. The van der Waals surface area contributed by atoms with Crippen LogP contribution < -0.4 is 5.32 Å². The van der Waals surface area contributed by atoms with Gasteiger partial charge in [0.15, 0.2) is 9.84 Å². The molecular weight excluding hydrogens is 222 g/mol. The second-order valence-electron chi connectivity index (χ2n) is 5.60. The van der Waals surface area contributed by atoms with Crippen molar-refractivity contribution in [2.75, 3.05) is 13.3 Å². The van der Waals surface area contributed by atoms with Crippen LogP contribution in [0.3, 0.4) is 0 Å². The molecular formula is C12H25NO2S. The molecule has 0 aromatic carbocycles. The molecule has 0 aliphatic heterocycles. The maximum Gasteiger partial charge on any atom is 0.154 e. The summed E-state index contributed by atoms with van der Waals surface area (Å²) in [6.07, 6.45) is 7.46. The van der Waals surface area contributed by atoms with E-state index in [1.807, 2.05) is 20.9 Å². The third kappa shape index (κ3) is 2.98. The average Bonchev–Trinajstić information content (AvgIpc) is 2.64. The molecule has 0 spiro atoms. The molecule has 0 bridgehead atoms. The molecule has 1 saturated carbocycles. The van der Waals surface area contributed by atoms with Crippen LogP contribution >= 0.6 is 0 Å². The van der Waals surface area contributed by atoms with Crippen LogP contribution in [0, 0.1) is 5.92 Å². The van der Waals surface area contributed by atoms with Crippen molar-refractivity contribution in [2.24, 2.45) is 5.92 Å². The van der Waals surface area contributed by atoms with Gasteiger partial charge in [0.25, 0.3) is 0 Å². The molecule has 0 amide bonds. The van der Waals surface area contributed by atoms with Crippen molar-refractivity contribution >= 4 is 9.84 Å². The number of hydrogen-bond acceptors (Lipinski definition) is 3. The maximum absolute atomic E-state index is 11.8. The van der Waals surface area contributed by atoms with Crippen molar-refractivity contribution in [3.63, 3.8) is 0 Å². The zero-order valence-corrected chi connectivity index (χ0v) is 11.7. The van der Waals surface area contributed by atoms with E-state index in [1.165, 1.54) is 31.9 Å². The van der Waals surface area contributed by atoms with Crippen LogP contribution in [0.4, 0.5) is 0 Å². The fourth-order valence-corrected chi connectivity index (χ4v) is 3.32. The SMILES string of the molecule is CNC(CC1CCCC1)C(C)(C)S(C)(=O)=O. The third-order valence-corrected chi connectivity index (χ3v) is 6.38. The van der Waals surface area contributed by atoms with E-state index in [4.69, 9.17) is 0 Å². The van der Waals surface area contributed by atoms with Gasteiger partial charge >= 0.3 is 0 Å². The standard InChI is InChI=1S/C12H25NO2S/c1-12(2,16(4,14)15)11(13-3)9-10-7-5-6-8-10/h10-11,13H,5-9H2,1-4H3. The van der Waals surface area contributed by atoms with Gasteiger partial charge in [0.1, 0.15) is 0 Å². The summed E-state index contributed by atoms with van der Waals surface area (Å²) in [6.45, 7) is 3.66. The van der Waals surface area contributed by atoms with E-state index in [1.54, 1.807) is 0 Å². The quantitative estimate of drug-likeness (QED) is 0.808. The van der Waals surface area contributed by atoms with Gasteiger partial charge in [-0.1, -0.05) is 25.7 Å². The Kier molecular flexibility index (Phi) is 4.41. The largest absolute Gasteiger partial charge is 0.315 e. The first kappa shape index (κ1) is 14.0. The van der Waals surface area contributed by atoms with Crippen LogP contribution in [-0.4, -0.2) is 32.5 Å². The van der Waals surface area contributed by atoms with E-state index in [9.17, 15) is 8.42 Å². The first-order chi connectivity index (χ1) is 7.29. The van der Waals surface area contributed by atoms with Crippen molar-refractivity contribution in [3.05, 3.63) is 0 Å². The highest BCUT2D eigenvalue weighted by Crippen LogP contribution is 2.32. The number of nitrogens with one attached hydrogen (secondary N) is 1. The van der Waals surface area contributed by atoms with Crippen LogP contribution in [0.1, 0.15) is 46.0 Å². The van der Waals surface area contributed by atoms with E-state index in [2.05, 4.69) is 5.32 Å². The predicted molar refractivity (Wildman–Crippen MR) is 68.3 cm³/mol. The van der Waals surface area contributed by atoms with E-state index >= 15 is 0 Å². The minimum absolute atomic E-state index is 0.0607. The van der Waals surface area contributed by atoms with Gasteiger partial charge in [0, 0.05) is 12.3 Å². The topological polar surface area (TPSA) is 46.2 Å². The third-order valence-electron chi connectivity index (χ3n) is 4.19. The highest BCUT2D eigenvalue weighted by atomic mass is 32.2. The molecule has 0 aromatic heterocycles. The molecule has 4 heteroatoms. The molecule has 0 aromatic rings. The van der Waals surface area contributed by atoms with E-state index < -0.39 is 14.6 Å². The van der Waals surface area contributed by atoms with Gasteiger partial charge in [-0.3, -0.25) is 0 Å². The predicted octanol–water partition coefficient (Wildman–Crippen LogP) is 1.98. The Labute approximate surface area is 99.9 Å². The first-order valence-corrected chi connectivity index (χ1v) is 8.05. The maximum atomic E-state index is 11.8. The highest BCUT2D eigenvalue weighted by Gasteiger charge is 2.39. The summed E-state index contributed by atoms with van der Waals surface area (Å²) in [5.41, 5.74) is 0. The van der Waals surface area contributed by atoms with Crippen LogP contribution in [0.15, 0.2) is 0 Å². The second kappa shape index (κ2) is 5.05. The molecule has 1 aliphatic carbocycles. The van der Waals surface area contributed by atoms with Crippen LogP contribution in [0.5, 0.6) is 0 Å². The Hall–Kier alpha value is -0.0900. The first-order valence-electron chi connectivity index (χ1n) is 6.16. The fourth-order valence-electron chi connectivity index (χ4n) is 2.59. The Morgan fingerprint density at radius 2 is 1.81 bits per heavy atom. The number of sulfone groups is 1. The van der Waals surface area contributed by atoms with Crippen molar-refractivity contribution in [3.8, 4) is 0 Å². The van der Waals surface area contributed by atoms with Gasteiger partial charge in [0.2, 0.25) is 0 Å². The lowest BCUT2D eigenvalue weighted by atomic mass is 9.91. The summed E-state index contributed by atoms with van der Waals surface area (Å²) in [6, 6.07) is 0.0607. The molecule has 16 heavy (non-hydrogen) atoms. The Bertz CT molecular complexity index is 316. The van der Waals surface area contributed by atoms with Crippen molar-refractivity contribution in [2.45, 2.75) is 56.7 Å². The van der Waals surface area contributed by atoms with Gasteiger partial charge in [0.05, 0.1) is 4.75 Å². The fraction of sp³-hybridized carbons (Fsp3) is 1.00. The monoisotopic (exact) mass is 247 g/mol. The van der Waals surface area contributed by atoms with Crippen LogP contribution in [-0.2, 0) is 9.84 Å². The zero-order valence-electron chi connectivity index (χ0n) is 10.9. The van der Waals surface area contributed by atoms with Gasteiger partial charge < -0.3 is 5.32 Å². The Morgan fingerprint density at radius 1 is 1.31 bits per heavy atom. The zero-order chi connectivity index (χ0) is 12.4. The van der Waals surface area contributed by atoms with Gasteiger partial charge in [-0.05, 0) is 33.2 Å². The minimum Gasteiger partial charge on any atom is -0.315 e. The van der Waals surface area contributed by atoms with Crippen LogP contribution in [0.2, 0.25) is 0 Å². The molecule has 3 nitrogen and oxygen atoms in total. The normalized spacial score (nSPS) is 21.2. The summed E-state index contributed by atoms with van der Waals surface area (Å²) in [5, 5.41) is 3.20. The summed E-state index contributed by atoms with van der Waals surface area (Å²) in [5.74, 6) is 0.707. The molecule has 1 aliphatic rings. The van der Waals surface area contributed by atoms with Gasteiger partial charge in [-0.25, -0.2) is 8.42 Å². The van der Waals surface area contributed by atoms with Gasteiger partial charge in [-0.15, -0.1) is 0 Å². The van der Waals surface area contributed by atoms with Crippen molar-refractivity contribution in [1.29, 1.82) is 0 Å². The molecule has 1 fully saturated rings. The van der Waals surface area contributed by atoms with Gasteiger partial charge in [-0.2, -0.15) is 0 Å². The second-order valence-corrected chi connectivity index (χ2v) is 8.20. The van der Waals surface area contributed by atoms with E-state index in [0.717, 1.165) is 6.42 Å². The molecule has 1 rings (SSSR count). The Balaban J connectivity index is 2.73. The van der Waals surface area contributed by atoms with Crippen LogP contribution in [0.25, 0.3) is 0 Å². The molecule has 96 valence electrons. The smallest absolute Gasteiger partial charge is 0.154 e. The molecule has 0 saturated heterocycles. The lowest BCUT2D eigenvalue weighted by Crippen LogP contribution is -2.51. The molecule has 0 radical (unpaired) electrons. The summed E-state index contributed by atoms with van der Waals surface area (Å²) >= 11 is 0. The number of hydrogen-bond donors (Lipinski definition) is 1. The van der Waals surface area contributed by atoms with Crippen molar-refractivity contribution in [1.82, 2.24) is 5.32 Å². The average molecular weight is 247 g/mol. The summed E-state index contributed by atoms with van der Waals surface area (Å²) in [4.78, 5) is 0. The van der Waals surface area contributed by atoms with E-state index in [-0.39, 0.29) is 6.04 Å². The molecule has 0 heterocycles. The van der Waals surface area contributed by atoms with E-state index in [0.29, 0.717) is 5.92 Å². The minimum atomic E-state index is -3.02. The lowest BCUT2D eigenvalue weighted by Gasteiger charge is -2.34. The molecule has 1 unspecified atom stereocenters. The summed E-state index contributed by atoms with van der Waals surface area (Å²) < 4.78 is 22.9. The highest BCUT2D eigenvalue weighted by molar-refractivity contribution is 7.92. The Morgan fingerprint density at radius 3 is 2.19 bits per heavy atom. The molecule has 1 N–H and O–H groups in total. The lowest BCUT2D eigenvalue weighted by molar-refractivity contribution is 0.346.